The van der Waals surface area contributed by atoms with Crippen molar-refractivity contribution in [3.05, 3.63) is 48.2 Å². The fraction of sp³-hybridized carbons (Fsp3) is 0.316. The molecule has 2 amide bonds. The molecular formula is C19H25N5O4S. The Kier molecular flexibility index (Phi) is 7.68. The lowest BCUT2D eigenvalue weighted by Crippen LogP contribution is -2.35. The Bertz CT molecular complexity index is 940. The number of rotatable bonds is 8. The lowest BCUT2D eigenvalue weighted by molar-refractivity contribution is -0.136. The number of amides is 2. The molecule has 9 nitrogen and oxygen atoms in total. The van der Waals surface area contributed by atoms with Gasteiger partial charge in [0.1, 0.15) is 5.82 Å². The van der Waals surface area contributed by atoms with Crippen molar-refractivity contribution in [3.63, 3.8) is 0 Å². The van der Waals surface area contributed by atoms with Gasteiger partial charge in [-0.2, -0.15) is 0 Å². The Balaban J connectivity index is 1.90. The largest absolute Gasteiger partial charge is 0.357 e. The van der Waals surface area contributed by atoms with Crippen LogP contribution in [-0.4, -0.2) is 45.4 Å². The van der Waals surface area contributed by atoms with Crippen LogP contribution in [0.2, 0.25) is 0 Å². The van der Waals surface area contributed by atoms with E-state index in [0.29, 0.717) is 5.69 Å². The number of pyridine rings is 1. The van der Waals surface area contributed by atoms with Crippen LogP contribution >= 0.6 is 0 Å². The molecule has 0 aliphatic heterocycles. The van der Waals surface area contributed by atoms with Crippen LogP contribution < -0.4 is 20.3 Å². The molecule has 1 aromatic carbocycles. The fourth-order valence-electron chi connectivity index (χ4n) is 2.54. The highest BCUT2D eigenvalue weighted by Crippen LogP contribution is 2.14. The number of aromatic nitrogens is 1. The van der Waals surface area contributed by atoms with E-state index in [-0.39, 0.29) is 11.4 Å². The minimum Gasteiger partial charge on any atom is -0.357 e. The van der Waals surface area contributed by atoms with E-state index >= 15 is 0 Å². The molecule has 0 aliphatic rings. The lowest BCUT2D eigenvalue weighted by Gasteiger charge is -2.19. The van der Waals surface area contributed by atoms with Gasteiger partial charge < -0.3 is 15.5 Å². The van der Waals surface area contributed by atoms with Crippen molar-refractivity contribution < 1.29 is 18.0 Å². The van der Waals surface area contributed by atoms with Gasteiger partial charge in [0.05, 0.1) is 4.90 Å². The van der Waals surface area contributed by atoms with Crippen LogP contribution in [0.5, 0.6) is 0 Å². The highest BCUT2D eigenvalue weighted by molar-refractivity contribution is 7.89. The third-order valence-corrected chi connectivity index (χ3v) is 5.68. The van der Waals surface area contributed by atoms with Gasteiger partial charge in [0.15, 0.2) is 0 Å². The molecule has 3 N–H and O–H groups in total. The predicted octanol–water partition coefficient (Wildman–Crippen LogP) is 1.09. The Morgan fingerprint density at radius 3 is 2.17 bits per heavy atom. The van der Waals surface area contributed by atoms with Crippen LogP contribution in [0, 0.1) is 0 Å². The highest BCUT2D eigenvalue weighted by Gasteiger charge is 2.15. The Labute approximate surface area is 170 Å². The van der Waals surface area contributed by atoms with Crippen molar-refractivity contribution in [2.75, 3.05) is 30.4 Å². The number of anilines is 2. The average Bonchev–Trinajstić information content (AvgIpc) is 2.74. The first-order valence-corrected chi connectivity index (χ1v) is 10.6. The van der Waals surface area contributed by atoms with Crippen LogP contribution in [0.4, 0.5) is 11.5 Å². The molecule has 2 aromatic rings. The van der Waals surface area contributed by atoms with E-state index in [4.69, 9.17) is 0 Å². The van der Waals surface area contributed by atoms with Gasteiger partial charge in [0, 0.05) is 31.5 Å². The third-order valence-electron chi connectivity index (χ3n) is 4.25. The number of nitrogens with zero attached hydrogens (tertiary/aromatic N) is 2. The van der Waals surface area contributed by atoms with Gasteiger partial charge in [0.25, 0.3) is 0 Å². The van der Waals surface area contributed by atoms with Crippen molar-refractivity contribution in [2.45, 2.75) is 25.3 Å². The summed E-state index contributed by atoms with van der Waals surface area (Å²) in [4.78, 5) is 30.5. The number of carbonyl (C=O) groups excluding carboxylic acids is 2. The molecule has 1 aromatic heterocycles. The molecule has 0 unspecified atom stereocenters. The van der Waals surface area contributed by atoms with Crippen molar-refractivity contribution in [3.8, 4) is 0 Å². The summed E-state index contributed by atoms with van der Waals surface area (Å²) in [5, 5.41) is 4.96. The molecule has 0 radical (unpaired) electrons. The normalized spacial score (nSPS) is 11.0. The molecule has 0 atom stereocenters. The second kappa shape index (κ2) is 9.99. The lowest BCUT2D eigenvalue weighted by atomic mass is 10.2. The smallest absolute Gasteiger partial charge is 0.313 e. The number of nitrogens with one attached hydrogen (secondary N) is 3. The summed E-state index contributed by atoms with van der Waals surface area (Å²) in [6, 6.07) is 9.20. The van der Waals surface area contributed by atoms with Gasteiger partial charge in [-0.25, -0.2) is 18.1 Å². The van der Waals surface area contributed by atoms with Crippen molar-refractivity contribution in [1.82, 2.24) is 15.0 Å². The second-order valence-electron chi connectivity index (χ2n) is 6.07. The van der Waals surface area contributed by atoms with Crippen molar-refractivity contribution in [2.24, 2.45) is 0 Å². The maximum atomic E-state index is 12.0. The number of hydrogen-bond acceptors (Lipinski definition) is 6. The summed E-state index contributed by atoms with van der Waals surface area (Å²) < 4.78 is 25.6. The van der Waals surface area contributed by atoms with Crippen LogP contribution in [0.3, 0.4) is 0 Å². The quantitative estimate of drug-likeness (QED) is 0.551. The predicted molar refractivity (Wildman–Crippen MR) is 111 cm³/mol. The number of carbonyl (C=O) groups is 2. The Morgan fingerprint density at radius 1 is 1.00 bits per heavy atom. The first kappa shape index (κ1) is 22.3. The number of benzene rings is 1. The minimum atomic E-state index is -3.56. The summed E-state index contributed by atoms with van der Waals surface area (Å²) in [7, 11) is -2.25. The summed E-state index contributed by atoms with van der Waals surface area (Å²) in [6.45, 7) is 5.95. The first-order valence-electron chi connectivity index (χ1n) is 9.13. The van der Waals surface area contributed by atoms with Crippen LogP contribution in [0.25, 0.3) is 0 Å². The van der Waals surface area contributed by atoms with Crippen LogP contribution in [0.15, 0.2) is 47.5 Å². The fourth-order valence-corrected chi connectivity index (χ4v) is 3.27. The molecule has 1 heterocycles. The van der Waals surface area contributed by atoms with E-state index in [9.17, 15) is 18.0 Å². The average molecular weight is 420 g/mol. The molecule has 2 rings (SSSR count). The van der Waals surface area contributed by atoms with Gasteiger partial charge in [-0.1, -0.05) is 6.07 Å². The molecule has 0 saturated heterocycles. The van der Waals surface area contributed by atoms with E-state index < -0.39 is 21.8 Å². The van der Waals surface area contributed by atoms with Crippen molar-refractivity contribution >= 4 is 33.3 Å². The van der Waals surface area contributed by atoms with Gasteiger partial charge >= 0.3 is 11.8 Å². The first-order chi connectivity index (χ1) is 13.8. The van der Waals surface area contributed by atoms with Crippen LogP contribution in [0.1, 0.15) is 19.4 Å². The zero-order valence-electron chi connectivity index (χ0n) is 16.6. The summed E-state index contributed by atoms with van der Waals surface area (Å²) in [5.41, 5.74) is 1.08. The molecule has 29 heavy (non-hydrogen) atoms. The summed E-state index contributed by atoms with van der Waals surface area (Å²) >= 11 is 0. The molecule has 0 spiro atoms. The monoisotopic (exact) mass is 419 g/mol. The van der Waals surface area contributed by atoms with Gasteiger partial charge in [-0.05, 0) is 56.8 Å². The highest BCUT2D eigenvalue weighted by atomic mass is 32.2. The maximum absolute atomic E-state index is 12.0. The van der Waals surface area contributed by atoms with Gasteiger partial charge in [0.2, 0.25) is 10.0 Å². The maximum Gasteiger partial charge on any atom is 0.313 e. The SMILES string of the molecule is CCN(CC)c1ccc(CNC(=O)C(=O)Nc2ccc(S(=O)(=O)NC)cc2)cn1. The molecule has 0 fully saturated rings. The molecule has 0 saturated carbocycles. The third kappa shape index (κ3) is 6.00. The van der Waals surface area contributed by atoms with Gasteiger partial charge in [-0.3, -0.25) is 9.59 Å². The van der Waals surface area contributed by atoms with Gasteiger partial charge in [-0.15, -0.1) is 0 Å². The zero-order chi connectivity index (χ0) is 21.4. The second-order valence-corrected chi connectivity index (χ2v) is 7.95. The zero-order valence-corrected chi connectivity index (χ0v) is 17.4. The molecular weight excluding hydrogens is 394 g/mol. The summed E-state index contributed by atoms with van der Waals surface area (Å²) in [5.74, 6) is -0.793. The van der Waals surface area contributed by atoms with E-state index in [2.05, 4.69) is 25.2 Å². The molecule has 10 heteroatoms. The molecule has 0 bridgehead atoms. The minimum absolute atomic E-state index is 0.0584. The van der Waals surface area contributed by atoms with E-state index in [1.807, 2.05) is 26.0 Å². The Hall–Kier alpha value is -2.98. The summed E-state index contributed by atoms with van der Waals surface area (Å²) in [6.07, 6.45) is 1.66. The topological polar surface area (TPSA) is 121 Å². The molecule has 0 aliphatic carbocycles. The number of hydrogen-bond donors (Lipinski definition) is 3. The van der Waals surface area contributed by atoms with E-state index in [0.717, 1.165) is 24.5 Å². The number of sulfonamides is 1. The van der Waals surface area contributed by atoms with E-state index in [1.54, 1.807) is 6.20 Å². The van der Waals surface area contributed by atoms with Crippen LogP contribution in [-0.2, 0) is 26.2 Å². The molecule has 156 valence electrons. The van der Waals surface area contributed by atoms with E-state index in [1.165, 1.54) is 31.3 Å². The Morgan fingerprint density at radius 2 is 1.66 bits per heavy atom. The van der Waals surface area contributed by atoms with Crippen molar-refractivity contribution in [1.29, 1.82) is 0 Å². The standard InChI is InChI=1S/C19H25N5O4S/c1-4-24(5-2)17-11-6-14(12-21-17)13-22-18(25)19(26)23-15-7-9-16(10-8-15)29(27,28)20-3/h6-12,20H,4-5,13H2,1-3H3,(H,22,25)(H,23,26).